The normalized spacial score (nSPS) is 12.6. The third-order valence-corrected chi connectivity index (χ3v) is 2.97. The molecule has 0 fully saturated rings. The number of nitrogens with one attached hydrogen (secondary N) is 1. The smallest absolute Gasteiger partial charge is 0.408 e. The fraction of sp³-hybridized carbons (Fsp3) is 0.706. The number of aromatic nitrogens is 1. The molecule has 0 aliphatic carbocycles. The van der Waals surface area contributed by atoms with Gasteiger partial charge in [-0.2, -0.15) is 0 Å². The highest BCUT2D eigenvalue weighted by Gasteiger charge is 2.29. The maximum atomic E-state index is 12.2. The third-order valence-electron chi connectivity index (χ3n) is 2.97. The number of alkyl carbamates (subject to hydrolysis) is 1. The average Bonchev–Trinajstić information content (AvgIpc) is 2.77. The lowest BCUT2D eigenvalue weighted by Gasteiger charge is -2.23. The number of hydrogen-bond donors (Lipinski definition) is 1. The molecule has 0 aliphatic rings. The van der Waals surface area contributed by atoms with Crippen molar-refractivity contribution in [3.8, 4) is 5.88 Å². The van der Waals surface area contributed by atoms with Crippen molar-refractivity contribution in [2.75, 3.05) is 6.61 Å². The van der Waals surface area contributed by atoms with E-state index in [-0.39, 0.29) is 19.1 Å². The SMILES string of the molecule is CCOC(=O)[C@H](Cc1c(OC(C)C)noc1C)NC(=O)OC(C)(C)C. The Bertz CT molecular complexity index is 588. The summed E-state index contributed by atoms with van der Waals surface area (Å²) in [6, 6.07) is -0.942. The highest BCUT2D eigenvalue weighted by molar-refractivity contribution is 5.81. The van der Waals surface area contributed by atoms with E-state index >= 15 is 0 Å². The van der Waals surface area contributed by atoms with Crippen LogP contribution < -0.4 is 10.1 Å². The zero-order chi connectivity index (χ0) is 19.2. The summed E-state index contributed by atoms with van der Waals surface area (Å²) < 4.78 is 21.0. The molecule has 1 rings (SSSR count). The summed E-state index contributed by atoms with van der Waals surface area (Å²) in [5, 5.41) is 6.40. The molecule has 0 unspecified atom stereocenters. The van der Waals surface area contributed by atoms with Crippen LogP contribution in [0.2, 0.25) is 0 Å². The second kappa shape index (κ2) is 8.73. The van der Waals surface area contributed by atoms with E-state index in [4.69, 9.17) is 18.7 Å². The van der Waals surface area contributed by atoms with Gasteiger partial charge in [-0.15, -0.1) is 0 Å². The number of carbonyl (C=O) groups is 2. The quantitative estimate of drug-likeness (QED) is 0.750. The molecule has 0 aromatic carbocycles. The summed E-state index contributed by atoms with van der Waals surface area (Å²) >= 11 is 0. The topological polar surface area (TPSA) is 99.9 Å². The molecule has 1 heterocycles. The zero-order valence-electron chi connectivity index (χ0n) is 16.0. The maximum absolute atomic E-state index is 12.2. The predicted molar refractivity (Wildman–Crippen MR) is 90.5 cm³/mol. The van der Waals surface area contributed by atoms with Crippen LogP contribution in [0.4, 0.5) is 4.79 Å². The first-order valence-corrected chi connectivity index (χ1v) is 8.31. The van der Waals surface area contributed by atoms with Crippen molar-refractivity contribution < 1.29 is 28.3 Å². The Kier molecular flexibility index (Phi) is 7.26. The molecule has 1 aromatic heterocycles. The lowest BCUT2D eigenvalue weighted by Crippen LogP contribution is -2.45. The Hall–Kier alpha value is -2.25. The fourth-order valence-electron chi connectivity index (χ4n) is 2.01. The number of esters is 1. The Morgan fingerprint density at radius 3 is 2.44 bits per heavy atom. The minimum atomic E-state index is -0.942. The lowest BCUT2D eigenvalue weighted by atomic mass is 10.1. The van der Waals surface area contributed by atoms with Gasteiger partial charge in [-0.25, -0.2) is 9.59 Å². The molecule has 0 bridgehead atoms. The van der Waals surface area contributed by atoms with Gasteiger partial charge in [0, 0.05) is 6.42 Å². The zero-order valence-corrected chi connectivity index (χ0v) is 16.0. The molecule has 8 heteroatoms. The van der Waals surface area contributed by atoms with Gasteiger partial charge in [-0.3, -0.25) is 0 Å². The van der Waals surface area contributed by atoms with Gasteiger partial charge in [0.15, 0.2) is 0 Å². The summed E-state index contributed by atoms with van der Waals surface area (Å²) in [5.74, 6) is 0.244. The summed E-state index contributed by atoms with van der Waals surface area (Å²) in [4.78, 5) is 24.3. The molecule has 1 atom stereocenters. The molecule has 0 spiro atoms. The third kappa shape index (κ3) is 7.03. The molecule has 0 radical (unpaired) electrons. The predicted octanol–water partition coefficient (Wildman–Crippen LogP) is 2.77. The molecule has 1 amide bonds. The summed E-state index contributed by atoms with van der Waals surface area (Å²) in [6.45, 7) is 12.5. The second-order valence-electron chi connectivity index (χ2n) is 6.84. The molecule has 0 saturated heterocycles. The Morgan fingerprint density at radius 1 is 1.28 bits per heavy atom. The van der Waals surface area contributed by atoms with Crippen LogP contribution in [-0.2, 0) is 20.7 Å². The van der Waals surface area contributed by atoms with Crippen LogP contribution >= 0.6 is 0 Å². The average molecular weight is 356 g/mol. The standard InChI is InChI=1S/C17H28N2O6/c1-8-22-15(20)13(18-16(21)24-17(5,6)7)9-12-11(4)25-19-14(12)23-10(2)3/h10,13H,8-9H2,1-7H3,(H,18,21)/t13-/m0/s1. The van der Waals surface area contributed by atoms with E-state index in [0.29, 0.717) is 17.2 Å². The number of rotatable bonds is 7. The number of aryl methyl sites for hydroxylation is 1. The molecule has 8 nitrogen and oxygen atoms in total. The number of carbonyl (C=O) groups excluding carboxylic acids is 2. The fourth-order valence-corrected chi connectivity index (χ4v) is 2.01. The van der Waals surface area contributed by atoms with Crippen LogP contribution in [0.3, 0.4) is 0 Å². The van der Waals surface area contributed by atoms with Crippen molar-refractivity contribution in [1.29, 1.82) is 0 Å². The van der Waals surface area contributed by atoms with Crippen molar-refractivity contribution in [3.63, 3.8) is 0 Å². The van der Waals surface area contributed by atoms with E-state index < -0.39 is 23.7 Å². The lowest BCUT2D eigenvalue weighted by molar-refractivity contribution is -0.145. The van der Waals surface area contributed by atoms with E-state index in [1.54, 1.807) is 34.6 Å². The van der Waals surface area contributed by atoms with Crippen molar-refractivity contribution in [2.45, 2.75) is 72.6 Å². The van der Waals surface area contributed by atoms with Gasteiger partial charge < -0.3 is 24.1 Å². The Balaban J connectivity index is 2.96. The first-order chi connectivity index (χ1) is 11.5. The molecule has 1 N–H and O–H groups in total. The van der Waals surface area contributed by atoms with Gasteiger partial charge in [0.2, 0.25) is 0 Å². The van der Waals surface area contributed by atoms with Gasteiger partial charge in [-0.05, 0) is 53.6 Å². The van der Waals surface area contributed by atoms with E-state index in [0.717, 1.165) is 0 Å². The van der Waals surface area contributed by atoms with E-state index in [1.165, 1.54) is 0 Å². The minimum Gasteiger partial charge on any atom is -0.473 e. The van der Waals surface area contributed by atoms with Crippen molar-refractivity contribution in [1.82, 2.24) is 10.5 Å². The van der Waals surface area contributed by atoms with Crippen LogP contribution in [0, 0.1) is 6.92 Å². The van der Waals surface area contributed by atoms with Crippen molar-refractivity contribution in [3.05, 3.63) is 11.3 Å². The van der Waals surface area contributed by atoms with Crippen molar-refractivity contribution >= 4 is 12.1 Å². The van der Waals surface area contributed by atoms with E-state index in [1.807, 2.05) is 13.8 Å². The number of nitrogens with zero attached hydrogens (tertiary/aromatic N) is 1. The van der Waals surface area contributed by atoms with Gasteiger partial charge in [0.05, 0.1) is 18.3 Å². The minimum absolute atomic E-state index is 0.108. The molecule has 0 saturated carbocycles. The number of ether oxygens (including phenoxy) is 3. The number of hydrogen-bond acceptors (Lipinski definition) is 7. The molecular weight excluding hydrogens is 328 g/mol. The maximum Gasteiger partial charge on any atom is 0.408 e. The van der Waals surface area contributed by atoms with Gasteiger partial charge >= 0.3 is 12.1 Å². The molecule has 25 heavy (non-hydrogen) atoms. The molecular formula is C17H28N2O6. The Labute approximate surface area is 148 Å². The second-order valence-corrected chi connectivity index (χ2v) is 6.84. The highest BCUT2D eigenvalue weighted by Crippen LogP contribution is 2.24. The monoisotopic (exact) mass is 356 g/mol. The molecule has 0 aliphatic heterocycles. The summed E-state index contributed by atoms with van der Waals surface area (Å²) in [6.07, 6.45) is -0.691. The van der Waals surface area contributed by atoms with Gasteiger partial charge in [0.25, 0.3) is 5.88 Å². The van der Waals surface area contributed by atoms with Crippen LogP contribution in [0.25, 0.3) is 0 Å². The van der Waals surface area contributed by atoms with Crippen LogP contribution in [0.15, 0.2) is 4.52 Å². The highest BCUT2D eigenvalue weighted by atomic mass is 16.6. The van der Waals surface area contributed by atoms with Gasteiger partial charge in [0.1, 0.15) is 17.4 Å². The van der Waals surface area contributed by atoms with Crippen LogP contribution in [0.1, 0.15) is 52.9 Å². The molecule has 142 valence electrons. The van der Waals surface area contributed by atoms with Crippen molar-refractivity contribution in [2.24, 2.45) is 0 Å². The molecule has 1 aromatic rings. The summed E-state index contributed by atoms with van der Waals surface area (Å²) in [5.41, 5.74) is -0.0784. The Morgan fingerprint density at radius 2 is 1.92 bits per heavy atom. The van der Waals surface area contributed by atoms with Crippen LogP contribution in [-0.4, -0.2) is 41.6 Å². The largest absolute Gasteiger partial charge is 0.473 e. The van der Waals surface area contributed by atoms with E-state index in [2.05, 4.69) is 10.5 Å². The van der Waals surface area contributed by atoms with E-state index in [9.17, 15) is 9.59 Å². The van der Waals surface area contributed by atoms with Gasteiger partial charge in [-0.1, -0.05) is 0 Å². The first-order valence-electron chi connectivity index (χ1n) is 8.31. The number of amides is 1. The summed E-state index contributed by atoms with van der Waals surface area (Å²) in [7, 11) is 0. The first kappa shape index (κ1) is 20.8. The van der Waals surface area contributed by atoms with Crippen LogP contribution in [0.5, 0.6) is 5.88 Å².